The highest BCUT2D eigenvalue weighted by Crippen LogP contribution is 2.31. The molecule has 0 aliphatic heterocycles. The maximum absolute atomic E-state index is 12.0. The van der Waals surface area contributed by atoms with E-state index in [1.54, 1.807) is 40.3 Å². The molecule has 2 rings (SSSR count). The van der Waals surface area contributed by atoms with Crippen LogP contribution in [0, 0.1) is 0 Å². The van der Waals surface area contributed by atoms with Crippen molar-refractivity contribution in [2.24, 2.45) is 4.99 Å². The average molecular weight is 569 g/mol. The highest BCUT2D eigenvalue weighted by molar-refractivity contribution is 14.0. The Morgan fingerprint density at radius 2 is 1.61 bits per heavy atom. The van der Waals surface area contributed by atoms with Gasteiger partial charge in [0.25, 0.3) is 5.91 Å². The summed E-state index contributed by atoms with van der Waals surface area (Å²) in [5.41, 5.74) is 2.84. The van der Waals surface area contributed by atoms with E-state index in [4.69, 9.17) is 9.47 Å². The summed E-state index contributed by atoms with van der Waals surface area (Å²) in [6.45, 7) is 1.25. The minimum Gasteiger partial charge on any atom is -0.493 e. The van der Waals surface area contributed by atoms with Crippen molar-refractivity contribution >= 4 is 35.8 Å². The third-order valence-corrected chi connectivity index (χ3v) is 5.17. The molecule has 2 aromatic carbocycles. The molecule has 0 radical (unpaired) electrons. The molecule has 0 fully saturated rings. The fourth-order valence-electron chi connectivity index (χ4n) is 3.28. The number of rotatable bonds is 9. The molecule has 1 unspecified atom stereocenters. The monoisotopic (exact) mass is 569 g/mol. The molecule has 0 aliphatic carbocycles. The fraction of sp³-hybridized carbons (Fsp3) is 0.417. The Hall–Kier alpha value is -2.53. The summed E-state index contributed by atoms with van der Waals surface area (Å²) in [6, 6.07) is 13.6. The largest absolute Gasteiger partial charge is 0.493 e. The summed E-state index contributed by atoms with van der Waals surface area (Å²) in [5.74, 6) is 2.10. The van der Waals surface area contributed by atoms with Crippen LogP contribution >= 0.6 is 24.0 Å². The van der Waals surface area contributed by atoms with Gasteiger partial charge in [0, 0.05) is 39.8 Å². The van der Waals surface area contributed by atoms with Crippen LogP contribution < -0.4 is 20.1 Å². The first-order valence-electron chi connectivity index (χ1n) is 10.4. The van der Waals surface area contributed by atoms with Crippen molar-refractivity contribution in [3.63, 3.8) is 0 Å². The Bertz CT molecular complexity index is 917. The van der Waals surface area contributed by atoms with Crippen LogP contribution in [0.2, 0.25) is 0 Å². The van der Waals surface area contributed by atoms with Crippen LogP contribution in [0.5, 0.6) is 11.5 Å². The summed E-state index contributed by atoms with van der Waals surface area (Å²) in [6.07, 6.45) is 0. The number of likely N-dealkylation sites (N-methyl/N-ethyl adjacent to an activating group) is 1. The molecular formula is C24H36IN5O3. The van der Waals surface area contributed by atoms with Gasteiger partial charge in [-0.05, 0) is 49.5 Å². The quantitative estimate of drug-likeness (QED) is 0.275. The summed E-state index contributed by atoms with van der Waals surface area (Å²) >= 11 is 0. The second kappa shape index (κ2) is 13.9. The first kappa shape index (κ1) is 28.5. The van der Waals surface area contributed by atoms with E-state index < -0.39 is 0 Å². The molecule has 182 valence electrons. The summed E-state index contributed by atoms with van der Waals surface area (Å²) < 4.78 is 10.8. The van der Waals surface area contributed by atoms with Crippen molar-refractivity contribution in [2.45, 2.75) is 12.6 Å². The standard InChI is InChI=1S/C24H35N5O3.HI/c1-25-24(26-15-17-8-10-18(11-9-17)23(30)29(4)5)27-16-20(28(2)3)19-12-13-21(31-6)22(14-19)32-7;/h8-14,20H,15-16H2,1-7H3,(H2,25,26,27);1H. The van der Waals surface area contributed by atoms with E-state index >= 15 is 0 Å². The van der Waals surface area contributed by atoms with Crippen LogP contribution in [0.25, 0.3) is 0 Å². The fourth-order valence-corrected chi connectivity index (χ4v) is 3.28. The maximum atomic E-state index is 12.0. The predicted molar refractivity (Wildman–Crippen MR) is 144 cm³/mol. The summed E-state index contributed by atoms with van der Waals surface area (Å²) in [7, 11) is 12.6. The van der Waals surface area contributed by atoms with E-state index in [0.29, 0.717) is 36.1 Å². The van der Waals surface area contributed by atoms with E-state index in [9.17, 15) is 4.79 Å². The van der Waals surface area contributed by atoms with E-state index in [1.165, 1.54) is 0 Å². The lowest BCUT2D eigenvalue weighted by Crippen LogP contribution is -2.41. The number of guanidine groups is 1. The van der Waals surface area contributed by atoms with E-state index in [2.05, 4.69) is 20.5 Å². The number of carbonyl (C=O) groups is 1. The van der Waals surface area contributed by atoms with Crippen molar-refractivity contribution in [3.05, 3.63) is 59.2 Å². The third kappa shape index (κ3) is 8.08. The van der Waals surface area contributed by atoms with Gasteiger partial charge in [-0.15, -0.1) is 24.0 Å². The topological polar surface area (TPSA) is 78.4 Å². The first-order valence-corrected chi connectivity index (χ1v) is 10.4. The number of methoxy groups -OCH3 is 2. The van der Waals surface area contributed by atoms with Gasteiger partial charge < -0.3 is 29.9 Å². The van der Waals surface area contributed by atoms with Gasteiger partial charge >= 0.3 is 0 Å². The number of benzene rings is 2. The van der Waals surface area contributed by atoms with Crippen LogP contribution in [0.1, 0.15) is 27.5 Å². The molecule has 0 bridgehead atoms. The SMILES string of the molecule is CN=C(NCc1ccc(C(=O)N(C)C)cc1)NCC(c1ccc(OC)c(OC)c1)N(C)C.I. The number of halogens is 1. The first-order chi connectivity index (χ1) is 15.3. The number of aliphatic imine (C=N–C) groups is 1. The van der Waals surface area contributed by atoms with E-state index in [-0.39, 0.29) is 35.9 Å². The molecule has 33 heavy (non-hydrogen) atoms. The molecule has 0 aromatic heterocycles. The molecular weight excluding hydrogens is 533 g/mol. The minimum atomic E-state index is -0.00752. The van der Waals surface area contributed by atoms with Crippen molar-refractivity contribution in [1.82, 2.24) is 20.4 Å². The Kier molecular flexibility index (Phi) is 12.0. The zero-order valence-electron chi connectivity index (χ0n) is 20.5. The highest BCUT2D eigenvalue weighted by atomic mass is 127. The Balaban J connectivity index is 0.00000544. The summed E-state index contributed by atoms with van der Waals surface area (Å²) in [5, 5.41) is 6.72. The number of carbonyl (C=O) groups excluding carboxylic acids is 1. The summed E-state index contributed by atoms with van der Waals surface area (Å²) in [4.78, 5) is 20.1. The lowest BCUT2D eigenvalue weighted by molar-refractivity contribution is 0.0827. The number of hydrogen-bond acceptors (Lipinski definition) is 5. The molecule has 9 heteroatoms. The van der Waals surface area contributed by atoms with Crippen molar-refractivity contribution in [2.75, 3.05) is 56.0 Å². The van der Waals surface area contributed by atoms with Gasteiger partial charge in [0.1, 0.15) is 0 Å². The lowest BCUT2D eigenvalue weighted by Gasteiger charge is -2.26. The Morgan fingerprint density at radius 1 is 0.970 bits per heavy atom. The van der Waals surface area contributed by atoms with Crippen LogP contribution in [0.4, 0.5) is 0 Å². The van der Waals surface area contributed by atoms with Gasteiger partial charge in [0.15, 0.2) is 17.5 Å². The molecule has 1 amide bonds. The molecule has 2 N–H and O–H groups in total. The van der Waals surface area contributed by atoms with Crippen LogP contribution in [0.15, 0.2) is 47.5 Å². The normalized spacial score (nSPS) is 11.9. The third-order valence-electron chi connectivity index (χ3n) is 5.17. The predicted octanol–water partition coefficient (Wildman–Crippen LogP) is 2.99. The molecule has 8 nitrogen and oxygen atoms in total. The number of amides is 1. The Labute approximate surface area is 214 Å². The molecule has 0 spiro atoms. The minimum absolute atomic E-state index is 0. The number of nitrogens with one attached hydrogen (secondary N) is 2. The lowest BCUT2D eigenvalue weighted by atomic mass is 10.1. The molecule has 2 aromatic rings. The van der Waals surface area contributed by atoms with E-state index in [0.717, 1.165) is 11.1 Å². The van der Waals surface area contributed by atoms with Gasteiger partial charge in [-0.1, -0.05) is 18.2 Å². The smallest absolute Gasteiger partial charge is 0.253 e. The van der Waals surface area contributed by atoms with Gasteiger partial charge in [0.05, 0.1) is 20.3 Å². The van der Waals surface area contributed by atoms with Crippen LogP contribution in [0.3, 0.4) is 0 Å². The molecule has 0 aliphatic rings. The number of hydrogen-bond donors (Lipinski definition) is 2. The molecule has 0 saturated carbocycles. The van der Waals surface area contributed by atoms with E-state index in [1.807, 2.05) is 56.6 Å². The second-order valence-corrected chi connectivity index (χ2v) is 7.80. The van der Waals surface area contributed by atoms with Crippen molar-refractivity contribution < 1.29 is 14.3 Å². The van der Waals surface area contributed by atoms with Crippen LogP contribution in [-0.4, -0.2) is 77.7 Å². The molecule has 1 atom stereocenters. The zero-order valence-corrected chi connectivity index (χ0v) is 22.8. The Morgan fingerprint density at radius 3 is 2.12 bits per heavy atom. The van der Waals surface area contributed by atoms with Gasteiger partial charge in [-0.2, -0.15) is 0 Å². The maximum Gasteiger partial charge on any atom is 0.253 e. The number of ether oxygens (including phenoxy) is 2. The van der Waals surface area contributed by atoms with Crippen molar-refractivity contribution in [1.29, 1.82) is 0 Å². The average Bonchev–Trinajstić information content (AvgIpc) is 2.80. The molecule has 0 heterocycles. The van der Waals surface area contributed by atoms with Gasteiger partial charge in [-0.25, -0.2) is 0 Å². The number of nitrogens with zero attached hydrogens (tertiary/aromatic N) is 3. The zero-order chi connectivity index (χ0) is 23.7. The second-order valence-electron chi connectivity index (χ2n) is 7.80. The van der Waals surface area contributed by atoms with Gasteiger partial charge in [-0.3, -0.25) is 9.79 Å². The molecule has 0 saturated heterocycles. The van der Waals surface area contributed by atoms with Crippen molar-refractivity contribution in [3.8, 4) is 11.5 Å². The van der Waals surface area contributed by atoms with Crippen LogP contribution in [-0.2, 0) is 6.54 Å². The highest BCUT2D eigenvalue weighted by Gasteiger charge is 2.17. The van der Waals surface area contributed by atoms with Gasteiger partial charge in [0.2, 0.25) is 0 Å².